The highest BCUT2D eigenvalue weighted by molar-refractivity contribution is 5.99. The van der Waals surface area contributed by atoms with Gasteiger partial charge in [-0.2, -0.15) is 0 Å². The van der Waals surface area contributed by atoms with Crippen LogP contribution in [0.3, 0.4) is 0 Å². The fourth-order valence-corrected chi connectivity index (χ4v) is 3.70. The monoisotopic (exact) mass is 422 g/mol. The number of hydrogen-bond donors (Lipinski definition) is 2. The number of amides is 1. The molecule has 0 aliphatic heterocycles. The lowest BCUT2D eigenvalue weighted by atomic mass is 10.00. The van der Waals surface area contributed by atoms with Crippen molar-refractivity contribution in [3.63, 3.8) is 0 Å². The van der Waals surface area contributed by atoms with Gasteiger partial charge in [-0.3, -0.25) is 4.79 Å². The molecule has 3 aromatic rings. The third kappa shape index (κ3) is 4.60. The van der Waals surface area contributed by atoms with Crippen molar-refractivity contribution in [1.29, 1.82) is 0 Å². The van der Waals surface area contributed by atoms with Crippen molar-refractivity contribution in [1.82, 2.24) is 10.3 Å². The number of benzene rings is 2. The number of carbonyl (C=O) groups excluding carboxylic acids is 3. The summed E-state index contributed by atoms with van der Waals surface area (Å²) in [5.74, 6) is -1.64. The smallest absolute Gasteiger partial charge is 0.355 e. The van der Waals surface area contributed by atoms with Crippen molar-refractivity contribution in [3.8, 4) is 0 Å². The molecule has 1 atom stereocenters. The highest BCUT2D eigenvalue weighted by atomic mass is 16.5. The first-order valence-electron chi connectivity index (χ1n) is 10.1. The zero-order valence-corrected chi connectivity index (χ0v) is 18.1. The minimum absolute atomic E-state index is 0.146. The summed E-state index contributed by atoms with van der Waals surface area (Å²) < 4.78 is 9.98. The Labute approximate surface area is 180 Å². The van der Waals surface area contributed by atoms with E-state index in [0.29, 0.717) is 23.2 Å². The molecule has 2 aromatic carbocycles. The number of rotatable bonds is 7. The molecule has 0 spiro atoms. The molecular formula is C24H26N2O5. The van der Waals surface area contributed by atoms with E-state index in [-0.39, 0.29) is 11.7 Å². The van der Waals surface area contributed by atoms with Crippen LogP contribution in [0.15, 0.2) is 42.5 Å². The quantitative estimate of drug-likeness (QED) is 0.564. The van der Waals surface area contributed by atoms with E-state index in [1.165, 1.54) is 7.11 Å². The zero-order valence-electron chi connectivity index (χ0n) is 18.1. The Bertz CT molecular complexity index is 1130. The zero-order chi connectivity index (χ0) is 22.5. The first-order chi connectivity index (χ1) is 14.9. The molecule has 0 aliphatic carbocycles. The maximum atomic E-state index is 12.5. The van der Waals surface area contributed by atoms with E-state index in [1.807, 2.05) is 56.3 Å². The maximum Gasteiger partial charge on any atom is 0.355 e. The summed E-state index contributed by atoms with van der Waals surface area (Å²) in [5.41, 5.74) is 2.48. The molecular weight excluding hydrogens is 396 g/mol. The lowest BCUT2D eigenvalue weighted by molar-refractivity contribution is -0.124. The molecule has 2 N–H and O–H groups in total. The summed E-state index contributed by atoms with van der Waals surface area (Å²) in [6.45, 7) is 4.95. The van der Waals surface area contributed by atoms with Crippen LogP contribution in [0.5, 0.6) is 0 Å². The Balaban J connectivity index is 1.66. The van der Waals surface area contributed by atoms with Crippen molar-refractivity contribution in [2.45, 2.75) is 33.2 Å². The normalized spacial score (nSPS) is 11.7. The number of aromatic nitrogens is 1. The number of carbonyl (C=O) groups is 3. The number of aryl methyl sites for hydroxylation is 1. The van der Waals surface area contributed by atoms with Crippen LogP contribution in [0.4, 0.5) is 0 Å². The third-order valence-electron chi connectivity index (χ3n) is 5.28. The van der Waals surface area contributed by atoms with Crippen LogP contribution in [-0.2, 0) is 20.7 Å². The molecule has 0 saturated carbocycles. The van der Waals surface area contributed by atoms with Gasteiger partial charge in [0.15, 0.2) is 6.61 Å². The van der Waals surface area contributed by atoms with Gasteiger partial charge >= 0.3 is 11.9 Å². The Hall–Kier alpha value is -3.61. The van der Waals surface area contributed by atoms with Gasteiger partial charge in [-0.25, -0.2) is 9.59 Å². The lowest BCUT2D eigenvalue weighted by Crippen LogP contribution is -2.31. The summed E-state index contributed by atoms with van der Waals surface area (Å²) in [5, 5.41) is 5.01. The van der Waals surface area contributed by atoms with Crippen LogP contribution in [0.1, 0.15) is 57.6 Å². The van der Waals surface area contributed by atoms with Crippen molar-refractivity contribution in [2.24, 2.45) is 0 Å². The van der Waals surface area contributed by atoms with Crippen LogP contribution < -0.4 is 5.32 Å². The van der Waals surface area contributed by atoms with Crippen LogP contribution in [0.25, 0.3) is 10.8 Å². The molecule has 0 bridgehead atoms. The van der Waals surface area contributed by atoms with E-state index in [2.05, 4.69) is 10.3 Å². The molecule has 0 aliphatic rings. The number of hydrogen-bond acceptors (Lipinski definition) is 5. The van der Waals surface area contributed by atoms with Gasteiger partial charge in [0.1, 0.15) is 5.69 Å². The van der Waals surface area contributed by atoms with Crippen molar-refractivity contribution in [2.75, 3.05) is 13.7 Å². The molecule has 3 rings (SSSR count). The molecule has 1 heterocycles. The van der Waals surface area contributed by atoms with Gasteiger partial charge < -0.3 is 19.8 Å². The molecule has 162 valence electrons. The Morgan fingerprint density at radius 3 is 2.48 bits per heavy atom. The van der Waals surface area contributed by atoms with Gasteiger partial charge in [0.2, 0.25) is 0 Å². The molecule has 0 fully saturated rings. The second-order valence-electron chi connectivity index (χ2n) is 7.26. The van der Waals surface area contributed by atoms with Crippen molar-refractivity contribution < 1.29 is 23.9 Å². The number of H-pyrrole nitrogens is 1. The van der Waals surface area contributed by atoms with Crippen molar-refractivity contribution in [3.05, 3.63) is 70.5 Å². The van der Waals surface area contributed by atoms with Crippen molar-refractivity contribution >= 4 is 28.6 Å². The Kier molecular flexibility index (Phi) is 6.74. The second-order valence-corrected chi connectivity index (χ2v) is 7.26. The highest BCUT2D eigenvalue weighted by Crippen LogP contribution is 2.24. The van der Waals surface area contributed by atoms with E-state index < -0.39 is 24.5 Å². The third-order valence-corrected chi connectivity index (χ3v) is 5.28. The van der Waals surface area contributed by atoms with E-state index in [4.69, 9.17) is 9.47 Å². The number of aromatic amines is 1. The Morgan fingerprint density at radius 1 is 1.06 bits per heavy atom. The minimum Gasteiger partial charge on any atom is -0.465 e. The molecule has 31 heavy (non-hydrogen) atoms. The summed E-state index contributed by atoms with van der Waals surface area (Å²) in [6, 6.07) is 13.6. The topological polar surface area (TPSA) is 97.5 Å². The number of ether oxygens (including phenoxy) is 2. The predicted molar refractivity (Wildman–Crippen MR) is 117 cm³/mol. The van der Waals surface area contributed by atoms with E-state index in [0.717, 1.165) is 16.3 Å². The van der Waals surface area contributed by atoms with Crippen LogP contribution in [-0.4, -0.2) is 36.5 Å². The molecule has 1 amide bonds. The largest absolute Gasteiger partial charge is 0.465 e. The fraction of sp³-hybridized carbons (Fsp3) is 0.292. The summed E-state index contributed by atoms with van der Waals surface area (Å²) in [6.07, 6.45) is 0.515. The molecule has 0 radical (unpaired) electrons. The molecule has 7 nitrogen and oxygen atoms in total. The van der Waals surface area contributed by atoms with Gasteiger partial charge in [0, 0.05) is 5.69 Å². The first kappa shape index (κ1) is 22.1. The van der Waals surface area contributed by atoms with Gasteiger partial charge in [-0.1, -0.05) is 49.4 Å². The SMILES string of the molecule is CCc1[nH]c(C(=O)OCC(=O)NC(C)c2cccc3ccccc23)c(C)c1C(=O)OC. The average Bonchev–Trinajstić information content (AvgIpc) is 3.12. The van der Waals surface area contributed by atoms with E-state index in [1.54, 1.807) is 6.92 Å². The molecule has 1 aromatic heterocycles. The summed E-state index contributed by atoms with van der Waals surface area (Å²) in [4.78, 5) is 39.8. The predicted octanol–water partition coefficient (Wildman–Crippen LogP) is 3.86. The van der Waals surface area contributed by atoms with Crippen LogP contribution >= 0.6 is 0 Å². The minimum atomic E-state index is -0.699. The van der Waals surface area contributed by atoms with Gasteiger partial charge in [-0.15, -0.1) is 0 Å². The summed E-state index contributed by atoms with van der Waals surface area (Å²) >= 11 is 0. The van der Waals surface area contributed by atoms with Gasteiger partial charge in [0.25, 0.3) is 5.91 Å². The molecule has 7 heteroatoms. The van der Waals surface area contributed by atoms with Crippen LogP contribution in [0.2, 0.25) is 0 Å². The number of methoxy groups -OCH3 is 1. The molecule has 1 unspecified atom stereocenters. The standard InChI is InChI=1S/C24H26N2O5/c1-5-19-21(23(28)30-4)14(2)22(26-19)24(29)31-13-20(27)25-15(3)17-12-8-10-16-9-6-7-11-18(16)17/h6-12,15,26H,5,13H2,1-4H3,(H,25,27). The van der Waals surface area contributed by atoms with Gasteiger partial charge in [0.05, 0.1) is 18.7 Å². The number of esters is 2. The van der Waals surface area contributed by atoms with E-state index >= 15 is 0 Å². The highest BCUT2D eigenvalue weighted by Gasteiger charge is 2.25. The fourth-order valence-electron chi connectivity index (χ4n) is 3.70. The average molecular weight is 422 g/mol. The maximum absolute atomic E-state index is 12.5. The second kappa shape index (κ2) is 9.47. The van der Waals surface area contributed by atoms with Gasteiger partial charge in [-0.05, 0) is 42.2 Å². The van der Waals surface area contributed by atoms with Crippen LogP contribution in [0, 0.1) is 6.92 Å². The number of fused-ring (bicyclic) bond motifs is 1. The first-order valence-corrected chi connectivity index (χ1v) is 10.1. The van der Waals surface area contributed by atoms with E-state index in [9.17, 15) is 14.4 Å². The number of nitrogens with one attached hydrogen (secondary N) is 2. The Morgan fingerprint density at radius 2 is 1.77 bits per heavy atom. The summed E-state index contributed by atoms with van der Waals surface area (Å²) in [7, 11) is 1.29. The lowest BCUT2D eigenvalue weighted by Gasteiger charge is -2.16. The molecule has 0 saturated heterocycles.